The summed E-state index contributed by atoms with van der Waals surface area (Å²) in [7, 11) is 0. The summed E-state index contributed by atoms with van der Waals surface area (Å²) in [6.07, 6.45) is 0. The average molecular weight is 281 g/mol. The zero-order valence-corrected chi connectivity index (χ0v) is 11.5. The van der Waals surface area contributed by atoms with E-state index in [0.29, 0.717) is 5.82 Å². The molecule has 0 aliphatic heterocycles. The van der Waals surface area contributed by atoms with E-state index in [-0.39, 0.29) is 11.5 Å². The van der Waals surface area contributed by atoms with Crippen LogP contribution in [0.2, 0.25) is 0 Å². The number of nitrogens with zero attached hydrogens (tertiary/aromatic N) is 1. The molecule has 3 aromatic rings. The van der Waals surface area contributed by atoms with Crippen LogP contribution in [-0.2, 0) is 0 Å². The summed E-state index contributed by atoms with van der Waals surface area (Å²) in [6, 6.07) is 13.9. The van der Waals surface area contributed by atoms with Crippen molar-refractivity contribution in [2.75, 3.05) is 5.32 Å². The smallest absolute Gasteiger partial charge is 0.152 e. The van der Waals surface area contributed by atoms with Gasteiger partial charge in [0.05, 0.1) is 5.69 Å². The highest BCUT2D eigenvalue weighted by Gasteiger charge is 2.06. The van der Waals surface area contributed by atoms with Crippen LogP contribution in [0.1, 0.15) is 5.56 Å². The fourth-order valence-corrected chi connectivity index (χ4v) is 2.10. The van der Waals surface area contributed by atoms with E-state index in [0.717, 1.165) is 22.5 Å². The van der Waals surface area contributed by atoms with Gasteiger partial charge >= 0.3 is 0 Å². The van der Waals surface area contributed by atoms with E-state index in [2.05, 4.69) is 15.5 Å². The van der Waals surface area contributed by atoms with Crippen LogP contribution in [0.4, 0.5) is 11.5 Å². The Morgan fingerprint density at radius 2 is 1.67 bits per heavy atom. The SMILES string of the molecule is Cc1cc(O)ccc1Nc1cc(-c2ccc(O)cc2)[nH]n1. The van der Waals surface area contributed by atoms with Gasteiger partial charge in [-0.05, 0) is 60.5 Å². The van der Waals surface area contributed by atoms with E-state index in [1.807, 2.05) is 25.1 Å². The van der Waals surface area contributed by atoms with Crippen molar-refractivity contribution < 1.29 is 10.2 Å². The molecular formula is C16H15N3O2. The quantitative estimate of drug-likeness (QED) is 0.553. The van der Waals surface area contributed by atoms with Gasteiger partial charge in [-0.15, -0.1) is 0 Å². The standard InChI is InChI=1S/C16H15N3O2/c1-10-8-13(21)6-7-14(10)17-16-9-15(18-19-16)11-2-4-12(20)5-3-11/h2-9,20-21H,1H3,(H2,17,18,19). The number of hydrogen-bond donors (Lipinski definition) is 4. The summed E-state index contributed by atoms with van der Waals surface area (Å²) in [5.74, 6) is 1.16. The lowest BCUT2D eigenvalue weighted by Crippen LogP contribution is -1.92. The molecule has 5 heteroatoms. The molecule has 5 nitrogen and oxygen atoms in total. The van der Waals surface area contributed by atoms with Crippen molar-refractivity contribution in [2.45, 2.75) is 6.92 Å². The van der Waals surface area contributed by atoms with Crippen LogP contribution in [0.25, 0.3) is 11.3 Å². The maximum Gasteiger partial charge on any atom is 0.152 e. The molecule has 2 aromatic carbocycles. The van der Waals surface area contributed by atoms with Crippen molar-refractivity contribution >= 4 is 11.5 Å². The van der Waals surface area contributed by atoms with Crippen molar-refractivity contribution in [1.29, 1.82) is 0 Å². The van der Waals surface area contributed by atoms with Gasteiger partial charge in [0.2, 0.25) is 0 Å². The number of nitrogens with one attached hydrogen (secondary N) is 2. The Bertz CT molecular complexity index is 763. The van der Waals surface area contributed by atoms with Gasteiger partial charge in [0.25, 0.3) is 0 Å². The number of rotatable bonds is 3. The summed E-state index contributed by atoms with van der Waals surface area (Å²) in [4.78, 5) is 0. The van der Waals surface area contributed by atoms with E-state index in [4.69, 9.17) is 0 Å². The van der Waals surface area contributed by atoms with Gasteiger partial charge < -0.3 is 15.5 Å². The van der Waals surface area contributed by atoms with Crippen molar-refractivity contribution in [2.24, 2.45) is 0 Å². The van der Waals surface area contributed by atoms with Crippen LogP contribution in [0, 0.1) is 6.92 Å². The summed E-state index contributed by atoms with van der Waals surface area (Å²) < 4.78 is 0. The molecule has 0 aliphatic rings. The normalized spacial score (nSPS) is 10.5. The van der Waals surface area contributed by atoms with Crippen LogP contribution >= 0.6 is 0 Å². The number of aromatic amines is 1. The van der Waals surface area contributed by atoms with Crippen molar-refractivity contribution in [3.05, 3.63) is 54.1 Å². The zero-order valence-electron chi connectivity index (χ0n) is 11.5. The number of aryl methyl sites for hydroxylation is 1. The fraction of sp³-hybridized carbons (Fsp3) is 0.0625. The minimum Gasteiger partial charge on any atom is -0.508 e. The third-order valence-electron chi connectivity index (χ3n) is 3.23. The summed E-state index contributed by atoms with van der Waals surface area (Å²) >= 11 is 0. The van der Waals surface area contributed by atoms with Gasteiger partial charge in [0.15, 0.2) is 5.82 Å². The maximum absolute atomic E-state index is 9.41. The van der Waals surface area contributed by atoms with Gasteiger partial charge in [-0.2, -0.15) is 5.10 Å². The molecule has 21 heavy (non-hydrogen) atoms. The number of aromatic nitrogens is 2. The second-order valence-electron chi connectivity index (χ2n) is 4.84. The summed E-state index contributed by atoms with van der Waals surface area (Å²) in [6.45, 7) is 1.91. The first-order chi connectivity index (χ1) is 10.1. The van der Waals surface area contributed by atoms with Crippen LogP contribution in [0.3, 0.4) is 0 Å². The van der Waals surface area contributed by atoms with E-state index in [9.17, 15) is 10.2 Å². The van der Waals surface area contributed by atoms with Crippen molar-refractivity contribution in [3.8, 4) is 22.8 Å². The zero-order chi connectivity index (χ0) is 14.8. The van der Waals surface area contributed by atoms with Gasteiger partial charge in [-0.1, -0.05) is 0 Å². The maximum atomic E-state index is 9.41. The third-order valence-corrected chi connectivity index (χ3v) is 3.23. The third kappa shape index (κ3) is 2.81. The molecule has 0 radical (unpaired) electrons. The Labute approximate surface area is 121 Å². The summed E-state index contributed by atoms with van der Waals surface area (Å²) in [5.41, 5.74) is 3.62. The van der Waals surface area contributed by atoms with Crippen LogP contribution in [-0.4, -0.2) is 20.4 Å². The number of H-pyrrole nitrogens is 1. The molecule has 0 spiro atoms. The first-order valence-corrected chi connectivity index (χ1v) is 6.53. The van der Waals surface area contributed by atoms with Crippen LogP contribution < -0.4 is 5.32 Å². The molecule has 106 valence electrons. The highest BCUT2D eigenvalue weighted by molar-refractivity contribution is 5.68. The molecule has 4 N–H and O–H groups in total. The van der Waals surface area contributed by atoms with E-state index in [1.54, 1.807) is 30.3 Å². The van der Waals surface area contributed by atoms with Gasteiger partial charge in [-0.25, -0.2) is 0 Å². The van der Waals surface area contributed by atoms with Gasteiger partial charge in [-0.3, -0.25) is 5.10 Å². The Hall–Kier alpha value is -2.95. The molecule has 0 aliphatic carbocycles. The predicted octanol–water partition coefficient (Wildman–Crippen LogP) is 3.54. The number of hydrogen-bond acceptors (Lipinski definition) is 4. The molecule has 1 aromatic heterocycles. The molecule has 0 saturated carbocycles. The second kappa shape index (κ2) is 5.20. The molecule has 0 saturated heterocycles. The molecule has 0 amide bonds. The lowest BCUT2D eigenvalue weighted by Gasteiger charge is -2.06. The topological polar surface area (TPSA) is 81.2 Å². The number of aromatic hydroxyl groups is 2. The van der Waals surface area contributed by atoms with E-state index < -0.39 is 0 Å². The van der Waals surface area contributed by atoms with E-state index >= 15 is 0 Å². The molecule has 0 unspecified atom stereocenters. The number of phenolic OH excluding ortho intramolecular Hbond substituents is 2. The Morgan fingerprint density at radius 1 is 0.952 bits per heavy atom. The minimum atomic E-state index is 0.233. The fourth-order valence-electron chi connectivity index (χ4n) is 2.10. The molecule has 0 fully saturated rings. The van der Waals surface area contributed by atoms with E-state index in [1.165, 1.54) is 0 Å². The van der Waals surface area contributed by atoms with Gasteiger partial charge in [0.1, 0.15) is 11.5 Å². The molecule has 1 heterocycles. The largest absolute Gasteiger partial charge is 0.508 e. The summed E-state index contributed by atoms with van der Waals surface area (Å²) in [5, 5.41) is 29.1. The number of phenols is 2. The Kier molecular flexibility index (Phi) is 3.23. The molecule has 0 bridgehead atoms. The predicted molar refractivity (Wildman–Crippen MR) is 81.8 cm³/mol. The monoisotopic (exact) mass is 281 g/mol. The Morgan fingerprint density at radius 3 is 2.38 bits per heavy atom. The van der Waals surface area contributed by atoms with Crippen molar-refractivity contribution in [3.63, 3.8) is 0 Å². The lowest BCUT2D eigenvalue weighted by atomic mass is 10.1. The highest BCUT2D eigenvalue weighted by Crippen LogP contribution is 2.26. The van der Waals surface area contributed by atoms with Gasteiger partial charge in [0, 0.05) is 11.8 Å². The van der Waals surface area contributed by atoms with Crippen LogP contribution in [0.15, 0.2) is 48.5 Å². The first-order valence-electron chi connectivity index (χ1n) is 6.53. The second-order valence-corrected chi connectivity index (χ2v) is 4.84. The molecule has 3 rings (SSSR count). The number of anilines is 2. The Balaban J connectivity index is 1.83. The molecular weight excluding hydrogens is 266 g/mol. The van der Waals surface area contributed by atoms with Crippen LogP contribution in [0.5, 0.6) is 11.5 Å². The highest BCUT2D eigenvalue weighted by atomic mass is 16.3. The number of benzene rings is 2. The minimum absolute atomic E-state index is 0.233. The first kappa shape index (κ1) is 13.1. The van der Waals surface area contributed by atoms with Crippen molar-refractivity contribution in [1.82, 2.24) is 10.2 Å². The average Bonchev–Trinajstić information content (AvgIpc) is 2.91. The lowest BCUT2D eigenvalue weighted by molar-refractivity contribution is 0.474. The molecule has 0 atom stereocenters.